The molecule has 0 aliphatic rings. The van der Waals surface area contributed by atoms with Crippen molar-refractivity contribution in [1.82, 2.24) is 0 Å². The van der Waals surface area contributed by atoms with Crippen LogP contribution in [0.15, 0.2) is 24.3 Å². The molecule has 0 atom stereocenters. The van der Waals surface area contributed by atoms with Gasteiger partial charge in [-0.3, -0.25) is 4.79 Å². The second-order valence-electron chi connectivity index (χ2n) is 4.16. The van der Waals surface area contributed by atoms with Gasteiger partial charge in [0.25, 0.3) is 0 Å². The Morgan fingerprint density at radius 2 is 2.00 bits per heavy atom. The zero-order chi connectivity index (χ0) is 12.9. The summed E-state index contributed by atoms with van der Waals surface area (Å²) < 4.78 is 1.10. The Labute approximate surface area is 128 Å². The molecule has 18 heavy (non-hydrogen) atoms. The van der Waals surface area contributed by atoms with Crippen molar-refractivity contribution >= 4 is 46.6 Å². The highest BCUT2D eigenvalue weighted by atomic mass is 127. The van der Waals surface area contributed by atoms with Crippen molar-refractivity contribution in [2.24, 2.45) is 11.1 Å². The van der Waals surface area contributed by atoms with Crippen molar-refractivity contribution in [3.8, 4) is 0 Å². The molecule has 1 amide bonds. The van der Waals surface area contributed by atoms with Gasteiger partial charge in [-0.2, -0.15) is 0 Å². The molecule has 0 saturated carbocycles. The van der Waals surface area contributed by atoms with Crippen LogP contribution in [0.2, 0.25) is 0 Å². The lowest BCUT2D eigenvalue weighted by Crippen LogP contribution is -2.41. The zero-order valence-corrected chi connectivity index (χ0v) is 13.7. The number of amides is 1. The first-order valence-electron chi connectivity index (χ1n) is 5.85. The number of benzene rings is 1. The summed E-state index contributed by atoms with van der Waals surface area (Å²) in [5, 5.41) is 2.95. The molecule has 0 unspecified atom stereocenters. The van der Waals surface area contributed by atoms with Gasteiger partial charge < -0.3 is 11.1 Å². The number of carbonyl (C=O) groups is 1. The number of carbonyl (C=O) groups excluding carboxylic acids is 1. The summed E-state index contributed by atoms with van der Waals surface area (Å²) in [6.45, 7) is 4.39. The van der Waals surface area contributed by atoms with E-state index in [1.165, 1.54) is 0 Å². The second kappa shape index (κ2) is 7.96. The molecule has 0 aromatic heterocycles. The van der Waals surface area contributed by atoms with E-state index in [0.717, 1.165) is 22.1 Å². The maximum absolute atomic E-state index is 12.2. The van der Waals surface area contributed by atoms with Crippen LogP contribution in [0.25, 0.3) is 0 Å². The van der Waals surface area contributed by atoms with Gasteiger partial charge in [-0.25, -0.2) is 0 Å². The molecule has 1 rings (SSSR count). The van der Waals surface area contributed by atoms with Crippen molar-refractivity contribution in [1.29, 1.82) is 0 Å². The maximum atomic E-state index is 12.2. The van der Waals surface area contributed by atoms with E-state index in [0.29, 0.717) is 6.54 Å². The number of halogens is 2. The Kier molecular flexibility index (Phi) is 7.82. The lowest BCUT2D eigenvalue weighted by Gasteiger charge is -2.28. The molecule has 102 valence electrons. The molecule has 0 aliphatic heterocycles. The molecule has 3 N–H and O–H groups in total. The molecule has 0 aliphatic carbocycles. The predicted octanol–water partition coefficient (Wildman–Crippen LogP) is 3.42. The summed E-state index contributed by atoms with van der Waals surface area (Å²) in [6, 6.07) is 7.77. The van der Waals surface area contributed by atoms with E-state index in [2.05, 4.69) is 27.9 Å². The number of rotatable bonds is 5. The third-order valence-corrected chi connectivity index (χ3v) is 3.98. The topological polar surface area (TPSA) is 55.1 Å². The van der Waals surface area contributed by atoms with Gasteiger partial charge in [0.05, 0.1) is 5.41 Å². The molecule has 0 radical (unpaired) electrons. The Bertz CT molecular complexity index is 386. The monoisotopic (exact) mass is 382 g/mol. The summed E-state index contributed by atoms with van der Waals surface area (Å²) in [5.74, 6) is 0.0204. The van der Waals surface area contributed by atoms with Crippen molar-refractivity contribution in [2.45, 2.75) is 26.7 Å². The summed E-state index contributed by atoms with van der Waals surface area (Å²) in [7, 11) is 0. The lowest BCUT2D eigenvalue weighted by atomic mass is 9.81. The molecule has 0 fully saturated rings. The zero-order valence-electron chi connectivity index (χ0n) is 10.7. The SMILES string of the molecule is CCC(CC)(CN)C(=O)Nc1cccc(I)c1.Cl. The number of nitrogens with one attached hydrogen (secondary N) is 1. The third-order valence-electron chi connectivity index (χ3n) is 3.31. The van der Waals surface area contributed by atoms with Gasteiger partial charge in [-0.1, -0.05) is 19.9 Å². The van der Waals surface area contributed by atoms with E-state index < -0.39 is 5.41 Å². The van der Waals surface area contributed by atoms with E-state index >= 15 is 0 Å². The first-order valence-corrected chi connectivity index (χ1v) is 6.93. The Morgan fingerprint density at radius 1 is 1.39 bits per heavy atom. The molecule has 1 aromatic rings. The molecular weight excluding hydrogens is 363 g/mol. The Morgan fingerprint density at radius 3 is 2.44 bits per heavy atom. The fraction of sp³-hybridized carbons (Fsp3) is 0.462. The lowest BCUT2D eigenvalue weighted by molar-refractivity contribution is -0.125. The van der Waals surface area contributed by atoms with Gasteiger partial charge in [0, 0.05) is 15.8 Å². The summed E-state index contributed by atoms with van der Waals surface area (Å²) in [4.78, 5) is 12.2. The maximum Gasteiger partial charge on any atom is 0.231 e. The largest absolute Gasteiger partial charge is 0.329 e. The summed E-state index contributed by atoms with van der Waals surface area (Å²) in [5.41, 5.74) is 6.14. The average molecular weight is 383 g/mol. The van der Waals surface area contributed by atoms with Gasteiger partial charge >= 0.3 is 0 Å². The fourth-order valence-electron chi connectivity index (χ4n) is 1.78. The van der Waals surface area contributed by atoms with E-state index in [4.69, 9.17) is 5.73 Å². The van der Waals surface area contributed by atoms with E-state index in [1.54, 1.807) is 0 Å². The van der Waals surface area contributed by atoms with Crippen LogP contribution in [0.5, 0.6) is 0 Å². The fourth-order valence-corrected chi connectivity index (χ4v) is 2.33. The van der Waals surface area contributed by atoms with Crippen LogP contribution in [0.1, 0.15) is 26.7 Å². The number of hydrogen-bond acceptors (Lipinski definition) is 2. The molecule has 0 spiro atoms. The van der Waals surface area contributed by atoms with Crippen LogP contribution in [0, 0.1) is 8.99 Å². The standard InChI is InChI=1S/C13H19IN2O.ClH/c1-3-13(4-2,9-15)12(17)16-11-7-5-6-10(14)8-11;/h5-8H,3-4,9,15H2,1-2H3,(H,16,17);1H. The normalized spacial score (nSPS) is 10.7. The van der Waals surface area contributed by atoms with Crippen molar-refractivity contribution < 1.29 is 4.79 Å². The molecular formula is C13H20ClIN2O. The molecule has 0 saturated heterocycles. The van der Waals surface area contributed by atoms with Crippen LogP contribution in [-0.2, 0) is 4.79 Å². The van der Waals surface area contributed by atoms with Gasteiger partial charge in [0.1, 0.15) is 0 Å². The summed E-state index contributed by atoms with van der Waals surface area (Å²) in [6.07, 6.45) is 1.52. The Balaban J connectivity index is 0.00000289. The van der Waals surface area contributed by atoms with Crippen LogP contribution >= 0.6 is 35.0 Å². The minimum atomic E-state index is -0.443. The van der Waals surface area contributed by atoms with Crippen LogP contribution in [0.4, 0.5) is 5.69 Å². The molecule has 5 heteroatoms. The molecule has 0 bridgehead atoms. The third kappa shape index (κ3) is 4.10. The first kappa shape index (κ1) is 17.7. The highest BCUT2D eigenvalue weighted by Crippen LogP contribution is 2.27. The van der Waals surface area contributed by atoms with Crippen LogP contribution in [-0.4, -0.2) is 12.5 Å². The highest BCUT2D eigenvalue weighted by molar-refractivity contribution is 14.1. The minimum Gasteiger partial charge on any atom is -0.329 e. The van der Waals surface area contributed by atoms with Crippen LogP contribution < -0.4 is 11.1 Å². The van der Waals surface area contributed by atoms with E-state index in [-0.39, 0.29) is 18.3 Å². The number of hydrogen-bond donors (Lipinski definition) is 2. The highest BCUT2D eigenvalue weighted by Gasteiger charge is 2.33. The van der Waals surface area contributed by atoms with Gasteiger partial charge in [-0.05, 0) is 53.6 Å². The number of anilines is 1. The van der Waals surface area contributed by atoms with Crippen molar-refractivity contribution in [3.05, 3.63) is 27.8 Å². The van der Waals surface area contributed by atoms with Gasteiger partial charge in [0.15, 0.2) is 0 Å². The van der Waals surface area contributed by atoms with Crippen molar-refractivity contribution in [3.63, 3.8) is 0 Å². The van der Waals surface area contributed by atoms with Gasteiger partial charge in [-0.15, -0.1) is 12.4 Å². The van der Waals surface area contributed by atoms with Gasteiger partial charge in [0.2, 0.25) is 5.91 Å². The Hall–Kier alpha value is -0.330. The van der Waals surface area contributed by atoms with E-state index in [9.17, 15) is 4.79 Å². The summed E-state index contributed by atoms with van der Waals surface area (Å²) >= 11 is 2.23. The minimum absolute atomic E-state index is 0. The quantitative estimate of drug-likeness (QED) is 0.767. The predicted molar refractivity (Wildman–Crippen MR) is 87.1 cm³/mol. The van der Waals surface area contributed by atoms with E-state index in [1.807, 2.05) is 38.1 Å². The smallest absolute Gasteiger partial charge is 0.231 e. The molecule has 3 nitrogen and oxygen atoms in total. The molecule has 0 heterocycles. The second-order valence-corrected chi connectivity index (χ2v) is 5.40. The molecule has 1 aromatic carbocycles. The average Bonchev–Trinajstić information content (AvgIpc) is 2.32. The van der Waals surface area contributed by atoms with Crippen molar-refractivity contribution in [2.75, 3.05) is 11.9 Å². The first-order chi connectivity index (χ1) is 8.07. The number of nitrogens with two attached hydrogens (primary N) is 1. The van der Waals surface area contributed by atoms with Crippen LogP contribution in [0.3, 0.4) is 0 Å².